The third kappa shape index (κ3) is 1.63. The van der Waals surface area contributed by atoms with E-state index in [0.29, 0.717) is 6.42 Å². The highest BCUT2D eigenvalue weighted by molar-refractivity contribution is 5.62. The molecule has 1 heterocycles. The normalized spacial score (nSPS) is 18.6. The summed E-state index contributed by atoms with van der Waals surface area (Å²) in [7, 11) is 1.66. The van der Waals surface area contributed by atoms with Crippen molar-refractivity contribution >= 4 is 11.4 Å². The zero-order chi connectivity index (χ0) is 11.7. The minimum Gasteiger partial charge on any atom is -0.361 e. The second-order valence-corrected chi connectivity index (χ2v) is 3.75. The lowest BCUT2D eigenvalue weighted by Gasteiger charge is -2.24. The van der Waals surface area contributed by atoms with Crippen molar-refractivity contribution in [2.24, 2.45) is 0 Å². The third-order valence-corrected chi connectivity index (χ3v) is 2.94. The van der Waals surface area contributed by atoms with Crippen LogP contribution in [-0.2, 0) is 11.2 Å². The first-order valence-electron chi connectivity index (χ1n) is 5.24. The molecule has 1 unspecified atom stereocenters. The van der Waals surface area contributed by atoms with E-state index in [0.717, 1.165) is 17.8 Å². The summed E-state index contributed by atoms with van der Waals surface area (Å²) in [5, 5.41) is 10.7. The molecule has 0 radical (unpaired) electrons. The van der Waals surface area contributed by atoms with E-state index < -0.39 is 0 Å². The highest BCUT2D eigenvalue weighted by Crippen LogP contribution is 2.34. The predicted octanol–water partition coefficient (Wildman–Crippen LogP) is 1.95. The van der Waals surface area contributed by atoms with Crippen LogP contribution in [0.15, 0.2) is 18.2 Å². The molecule has 1 aromatic carbocycles. The van der Waals surface area contributed by atoms with Crippen molar-refractivity contribution in [1.29, 1.82) is 0 Å². The molecular formula is C11H14N2O3. The van der Waals surface area contributed by atoms with Gasteiger partial charge in [-0.2, -0.15) is 0 Å². The van der Waals surface area contributed by atoms with Crippen molar-refractivity contribution in [3.8, 4) is 0 Å². The van der Waals surface area contributed by atoms with Gasteiger partial charge in [-0.1, -0.05) is 0 Å². The Morgan fingerprint density at radius 1 is 1.62 bits per heavy atom. The van der Waals surface area contributed by atoms with E-state index >= 15 is 0 Å². The number of hydrogen-bond acceptors (Lipinski definition) is 4. The Bertz CT molecular complexity index is 420. The topological polar surface area (TPSA) is 55.6 Å². The van der Waals surface area contributed by atoms with Crippen LogP contribution in [0.25, 0.3) is 0 Å². The summed E-state index contributed by atoms with van der Waals surface area (Å²) in [5.41, 5.74) is 2.18. The summed E-state index contributed by atoms with van der Waals surface area (Å²) in [5.74, 6) is 0. The van der Waals surface area contributed by atoms with Crippen LogP contribution in [0.1, 0.15) is 12.5 Å². The molecule has 5 nitrogen and oxygen atoms in total. The Morgan fingerprint density at radius 3 is 2.94 bits per heavy atom. The molecule has 0 bridgehead atoms. The number of benzene rings is 1. The van der Waals surface area contributed by atoms with Gasteiger partial charge in [-0.05, 0) is 18.6 Å². The van der Waals surface area contributed by atoms with Gasteiger partial charge in [-0.25, -0.2) is 0 Å². The Balaban J connectivity index is 2.38. The fourth-order valence-electron chi connectivity index (χ4n) is 2.17. The van der Waals surface area contributed by atoms with Crippen molar-refractivity contribution in [1.82, 2.24) is 0 Å². The first-order chi connectivity index (χ1) is 7.67. The van der Waals surface area contributed by atoms with Crippen LogP contribution in [0.3, 0.4) is 0 Å². The van der Waals surface area contributed by atoms with Crippen molar-refractivity contribution in [2.45, 2.75) is 19.6 Å². The summed E-state index contributed by atoms with van der Waals surface area (Å²) >= 11 is 0. The quantitative estimate of drug-likeness (QED) is 0.579. The molecule has 0 amide bonds. The molecule has 1 atom stereocenters. The van der Waals surface area contributed by atoms with Gasteiger partial charge in [-0.3, -0.25) is 10.1 Å². The van der Waals surface area contributed by atoms with E-state index in [1.165, 1.54) is 0 Å². The molecule has 0 spiro atoms. The molecule has 5 heteroatoms. The standard InChI is InChI=1S/C11H14N2O3/c1-3-12-10-5-4-9(13(14)15)6-8(10)7-11(12)16-2/h4-6,11H,3,7H2,1-2H3. The molecule has 1 aromatic rings. The number of non-ortho nitro benzene ring substituents is 1. The van der Waals surface area contributed by atoms with Crippen molar-refractivity contribution < 1.29 is 9.66 Å². The van der Waals surface area contributed by atoms with Crippen LogP contribution < -0.4 is 4.90 Å². The minimum absolute atomic E-state index is 0.00186. The maximum absolute atomic E-state index is 10.7. The van der Waals surface area contributed by atoms with Crippen LogP contribution in [-0.4, -0.2) is 24.8 Å². The number of nitro benzene ring substituents is 1. The van der Waals surface area contributed by atoms with E-state index in [4.69, 9.17) is 4.74 Å². The first-order valence-corrected chi connectivity index (χ1v) is 5.24. The Morgan fingerprint density at radius 2 is 2.38 bits per heavy atom. The molecule has 0 aromatic heterocycles. The van der Waals surface area contributed by atoms with E-state index in [1.807, 2.05) is 6.92 Å². The average molecular weight is 222 g/mol. The molecule has 1 aliphatic heterocycles. The van der Waals surface area contributed by atoms with Crippen LogP contribution >= 0.6 is 0 Å². The highest BCUT2D eigenvalue weighted by Gasteiger charge is 2.29. The maximum atomic E-state index is 10.7. The van der Waals surface area contributed by atoms with Gasteiger partial charge in [0.25, 0.3) is 5.69 Å². The van der Waals surface area contributed by atoms with Crippen LogP contribution in [0.4, 0.5) is 11.4 Å². The maximum Gasteiger partial charge on any atom is 0.269 e. The van der Waals surface area contributed by atoms with E-state index in [9.17, 15) is 10.1 Å². The number of hydrogen-bond donors (Lipinski definition) is 0. The lowest BCUT2D eigenvalue weighted by atomic mass is 10.1. The summed E-state index contributed by atoms with van der Waals surface area (Å²) < 4.78 is 5.35. The smallest absolute Gasteiger partial charge is 0.269 e. The molecular weight excluding hydrogens is 208 g/mol. The van der Waals surface area contributed by atoms with Crippen molar-refractivity contribution in [3.63, 3.8) is 0 Å². The molecule has 0 aliphatic carbocycles. The second-order valence-electron chi connectivity index (χ2n) is 3.75. The molecule has 1 aliphatic rings. The van der Waals surface area contributed by atoms with E-state index in [1.54, 1.807) is 25.3 Å². The van der Waals surface area contributed by atoms with Gasteiger partial charge in [0.1, 0.15) is 6.23 Å². The summed E-state index contributed by atoms with van der Waals surface area (Å²) in [4.78, 5) is 12.4. The van der Waals surface area contributed by atoms with E-state index in [-0.39, 0.29) is 16.8 Å². The van der Waals surface area contributed by atoms with Gasteiger partial charge in [0.15, 0.2) is 0 Å². The lowest BCUT2D eigenvalue weighted by Crippen LogP contribution is -2.32. The highest BCUT2D eigenvalue weighted by atomic mass is 16.6. The zero-order valence-electron chi connectivity index (χ0n) is 9.34. The van der Waals surface area contributed by atoms with Gasteiger partial charge < -0.3 is 9.64 Å². The fraction of sp³-hybridized carbons (Fsp3) is 0.455. The van der Waals surface area contributed by atoms with Crippen molar-refractivity contribution in [3.05, 3.63) is 33.9 Å². The summed E-state index contributed by atoms with van der Waals surface area (Å²) in [6.45, 7) is 2.88. The number of anilines is 1. The molecule has 0 N–H and O–H groups in total. The number of nitro groups is 1. The third-order valence-electron chi connectivity index (χ3n) is 2.94. The van der Waals surface area contributed by atoms with Crippen molar-refractivity contribution in [2.75, 3.05) is 18.6 Å². The molecule has 2 rings (SSSR count). The average Bonchev–Trinajstić information content (AvgIpc) is 2.65. The van der Waals surface area contributed by atoms with Gasteiger partial charge in [0, 0.05) is 37.9 Å². The second kappa shape index (κ2) is 4.09. The van der Waals surface area contributed by atoms with Gasteiger partial charge in [-0.15, -0.1) is 0 Å². The van der Waals surface area contributed by atoms with Crippen LogP contribution in [0.5, 0.6) is 0 Å². The predicted molar refractivity (Wildman–Crippen MR) is 60.6 cm³/mol. The lowest BCUT2D eigenvalue weighted by molar-refractivity contribution is -0.384. The van der Waals surface area contributed by atoms with E-state index in [2.05, 4.69) is 4.90 Å². The first kappa shape index (κ1) is 10.9. The number of likely N-dealkylation sites (N-methyl/N-ethyl adjacent to an activating group) is 1. The monoisotopic (exact) mass is 222 g/mol. The fourth-order valence-corrected chi connectivity index (χ4v) is 2.17. The Labute approximate surface area is 93.8 Å². The number of fused-ring (bicyclic) bond motifs is 1. The molecule has 0 fully saturated rings. The van der Waals surface area contributed by atoms with Crippen LogP contribution in [0, 0.1) is 10.1 Å². The van der Waals surface area contributed by atoms with Crippen LogP contribution in [0.2, 0.25) is 0 Å². The number of methoxy groups -OCH3 is 1. The molecule has 0 saturated carbocycles. The Hall–Kier alpha value is -1.62. The van der Waals surface area contributed by atoms with Gasteiger partial charge >= 0.3 is 0 Å². The van der Waals surface area contributed by atoms with Gasteiger partial charge in [0.05, 0.1) is 4.92 Å². The number of rotatable bonds is 3. The summed E-state index contributed by atoms with van der Waals surface area (Å²) in [6.07, 6.45) is 0.712. The largest absolute Gasteiger partial charge is 0.361 e. The number of nitrogens with zero attached hydrogens (tertiary/aromatic N) is 2. The molecule has 86 valence electrons. The minimum atomic E-state index is -0.364. The zero-order valence-corrected chi connectivity index (χ0v) is 9.34. The Kier molecular flexibility index (Phi) is 2.78. The summed E-state index contributed by atoms with van der Waals surface area (Å²) in [6, 6.07) is 4.98. The SMILES string of the molecule is CCN1c2ccc([N+](=O)[O-])cc2CC1OC. The van der Waals surface area contributed by atoms with Gasteiger partial charge in [0.2, 0.25) is 0 Å². The molecule has 16 heavy (non-hydrogen) atoms. The number of ether oxygens (including phenoxy) is 1. The molecule has 0 saturated heterocycles.